The number of hydrogen-bond acceptors (Lipinski definition) is 2. The van der Waals surface area contributed by atoms with Crippen molar-refractivity contribution in [3.8, 4) is 0 Å². The Bertz CT molecular complexity index is 430. The third kappa shape index (κ3) is 4.63. The van der Waals surface area contributed by atoms with Crippen LogP contribution in [-0.4, -0.2) is 36.5 Å². The van der Waals surface area contributed by atoms with Gasteiger partial charge in [0.25, 0.3) is 5.91 Å². The van der Waals surface area contributed by atoms with E-state index in [-0.39, 0.29) is 17.8 Å². The van der Waals surface area contributed by atoms with Crippen LogP contribution in [-0.2, 0) is 0 Å². The third-order valence-corrected chi connectivity index (χ3v) is 3.24. The fourth-order valence-corrected chi connectivity index (χ4v) is 2.10. The van der Waals surface area contributed by atoms with Crippen LogP contribution >= 0.6 is 0 Å². The van der Waals surface area contributed by atoms with Crippen molar-refractivity contribution in [2.45, 2.75) is 33.7 Å². The monoisotopic (exact) mass is 266 g/mol. The average Bonchev–Trinajstić information content (AvgIpc) is 2.35. The highest BCUT2D eigenvalue weighted by molar-refractivity contribution is 5.95. The van der Waals surface area contributed by atoms with E-state index in [0.717, 1.165) is 19.6 Å². The molecule has 0 aliphatic carbocycles. The van der Waals surface area contributed by atoms with Crippen molar-refractivity contribution in [3.05, 3.63) is 35.1 Å². The first-order valence-corrected chi connectivity index (χ1v) is 6.77. The molecule has 3 nitrogen and oxygen atoms in total. The molecule has 1 N–H and O–H groups in total. The van der Waals surface area contributed by atoms with Crippen molar-refractivity contribution < 1.29 is 9.18 Å². The standard InChI is InChI=1S/C15H23FN2O/c1-5-18(6-2)10-12(4)17-15(19)14-8-7-13(16)9-11(14)3/h7-9,12H,5-6,10H2,1-4H3,(H,17,19). The quantitative estimate of drug-likeness (QED) is 0.858. The highest BCUT2D eigenvalue weighted by Gasteiger charge is 2.14. The summed E-state index contributed by atoms with van der Waals surface area (Å²) in [6.45, 7) is 10.7. The van der Waals surface area contributed by atoms with Gasteiger partial charge in [-0.1, -0.05) is 13.8 Å². The zero-order valence-corrected chi connectivity index (χ0v) is 12.2. The maximum absolute atomic E-state index is 13.0. The van der Waals surface area contributed by atoms with E-state index in [4.69, 9.17) is 0 Å². The summed E-state index contributed by atoms with van der Waals surface area (Å²) in [5.74, 6) is -0.456. The Morgan fingerprint density at radius 1 is 1.37 bits per heavy atom. The summed E-state index contributed by atoms with van der Waals surface area (Å²) in [7, 11) is 0. The van der Waals surface area contributed by atoms with E-state index in [1.165, 1.54) is 18.2 Å². The molecule has 1 atom stereocenters. The molecule has 0 fully saturated rings. The molecule has 4 heteroatoms. The van der Waals surface area contributed by atoms with Crippen LogP contribution in [0.25, 0.3) is 0 Å². The molecule has 1 unspecified atom stereocenters. The van der Waals surface area contributed by atoms with Gasteiger partial charge in [-0.05, 0) is 50.7 Å². The number of nitrogens with one attached hydrogen (secondary N) is 1. The van der Waals surface area contributed by atoms with Gasteiger partial charge in [-0.2, -0.15) is 0 Å². The first kappa shape index (κ1) is 15.6. The third-order valence-electron chi connectivity index (χ3n) is 3.24. The van der Waals surface area contributed by atoms with E-state index in [1.807, 2.05) is 6.92 Å². The minimum atomic E-state index is -0.315. The van der Waals surface area contributed by atoms with Crippen molar-refractivity contribution in [3.63, 3.8) is 0 Å². The van der Waals surface area contributed by atoms with Crippen molar-refractivity contribution in [2.24, 2.45) is 0 Å². The number of rotatable bonds is 6. The predicted molar refractivity (Wildman–Crippen MR) is 75.9 cm³/mol. The lowest BCUT2D eigenvalue weighted by Crippen LogP contribution is -2.42. The Hall–Kier alpha value is -1.42. The smallest absolute Gasteiger partial charge is 0.251 e. The maximum atomic E-state index is 13.0. The van der Waals surface area contributed by atoms with Crippen LogP contribution in [0.3, 0.4) is 0 Å². The van der Waals surface area contributed by atoms with Crippen LogP contribution in [0.15, 0.2) is 18.2 Å². The van der Waals surface area contributed by atoms with E-state index in [2.05, 4.69) is 24.1 Å². The molecule has 1 rings (SSSR count). The number of halogens is 1. The zero-order valence-electron chi connectivity index (χ0n) is 12.2. The summed E-state index contributed by atoms with van der Waals surface area (Å²) in [6, 6.07) is 4.29. The number of nitrogens with zero attached hydrogens (tertiary/aromatic N) is 1. The fourth-order valence-electron chi connectivity index (χ4n) is 2.10. The van der Waals surface area contributed by atoms with E-state index < -0.39 is 0 Å². The molecule has 0 saturated carbocycles. The molecule has 0 saturated heterocycles. The van der Waals surface area contributed by atoms with Gasteiger partial charge in [0.15, 0.2) is 0 Å². The Labute approximate surface area is 114 Å². The molecular weight excluding hydrogens is 243 g/mol. The van der Waals surface area contributed by atoms with E-state index in [1.54, 1.807) is 6.92 Å². The molecule has 0 aliphatic heterocycles. The molecule has 1 aromatic rings. The summed E-state index contributed by atoms with van der Waals surface area (Å²) >= 11 is 0. The first-order chi connectivity index (χ1) is 8.97. The highest BCUT2D eigenvalue weighted by Crippen LogP contribution is 2.10. The lowest BCUT2D eigenvalue weighted by Gasteiger charge is -2.23. The van der Waals surface area contributed by atoms with Gasteiger partial charge < -0.3 is 10.2 Å². The van der Waals surface area contributed by atoms with Crippen molar-refractivity contribution >= 4 is 5.91 Å². The Balaban J connectivity index is 2.63. The summed E-state index contributed by atoms with van der Waals surface area (Å²) in [5.41, 5.74) is 1.19. The van der Waals surface area contributed by atoms with Gasteiger partial charge in [0.05, 0.1) is 0 Å². The van der Waals surface area contributed by atoms with Crippen LogP contribution in [0.1, 0.15) is 36.7 Å². The van der Waals surface area contributed by atoms with Crippen LogP contribution in [0.4, 0.5) is 4.39 Å². The number of carbonyl (C=O) groups excluding carboxylic acids is 1. The normalized spacial score (nSPS) is 12.5. The van der Waals surface area contributed by atoms with E-state index in [9.17, 15) is 9.18 Å². The topological polar surface area (TPSA) is 32.3 Å². The number of amides is 1. The second kappa shape index (κ2) is 7.24. The van der Waals surface area contributed by atoms with Gasteiger partial charge in [0.2, 0.25) is 0 Å². The lowest BCUT2D eigenvalue weighted by molar-refractivity contribution is 0.0929. The van der Waals surface area contributed by atoms with Gasteiger partial charge in [-0.3, -0.25) is 4.79 Å². The minimum Gasteiger partial charge on any atom is -0.348 e. The number of aryl methyl sites for hydroxylation is 1. The number of likely N-dealkylation sites (N-methyl/N-ethyl adjacent to an activating group) is 1. The molecule has 0 bridgehead atoms. The summed E-state index contributed by atoms with van der Waals surface area (Å²) in [5, 5.41) is 2.95. The molecule has 0 aromatic heterocycles. The number of benzene rings is 1. The first-order valence-electron chi connectivity index (χ1n) is 6.77. The predicted octanol–water partition coefficient (Wildman–Crippen LogP) is 2.59. The Morgan fingerprint density at radius 3 is 2.53 bits per heavy atom. The second-order valence-electron chi connectivity index (χ2n) is 4.82. The van der Waals surface area contributed by atoms with E-state index >= 15 is 0 Å². The summed E-state index contributed by atoms with van der Waals surface area (Å²) in [6.07, 6.45) is 0. The van der Waals surface area contributed by atoms with Gasteiger partial charge >= 0.3 is 0 Å². The van der Waals surface area contributed by atoms with Crippen LogP contribution in [0.2, 0.25) is 0 Å². The SMILES string of the molecule is CCN(CC)CC(C)NC(=O)c1ccc(F)cc1C. The molecule has 1 aromatic carbocycles. The molecule has 1 amide bonds. The molecule has 19 heavy (non-hydrogen) atoms. The molecule has 0 heterocycles. The van der Waals surface area contributed by atoms with Crippen LogP contribution in [0, 0.1) is 12.7 Å². The van der Waals surface area contributed by atoms with Gasteiger partial charge in [-0.15, -0.1) is 0 Å². The minimum absolute atomic E-state index is 0.0665. The highest BCUT2D eigenvalue weighted by atomic mass is 19.1. The molecule has 0 spiro atoms. The fraction of sp³-hybridized carbons (Fsp3) is 0.533. The van der Waals surface area contributed by atoms with Crippen LogP contribution < -0.4 is 5.32 Å². The summed E-state index contributed by atoms with van der Waals surface area (Å²) in [4.78, 5) is 14.3. The zero-order chi connectivity index (χ0) is 14.4. The molecule has 0 aliphatic rings. The van der Waals surface area contributed by atoms with Crippen molar-refractivity contribution in [1.82, 2.24) is 10.2 Å². The Kier molecular flexibility index (Phi) is 5.96. The lowest BCUT2D eigenvalue weighted by atomic mass is 10.1. The molecular formula is C15H23FN2O. The largest absolute Gasteiger partial charge is 0.348 e. The second-order valence-corrected chi connectivity index (χ2v) is 4.82. The molecule has 106 valence electrons. The van der Waals surface area contributed by atoms with Crippen molar-refractivity contribution in [1.29, 1.82) is 0 Å². The average molecular weight is 266 g/mol. The Morgan fingerprint density at radius 2 is 2.00 bits per heavy atom. The number of carbonyl (C=O) groups is 1. The molecule has 0 radical (unpaired) electrons. The van der Waals surface area contributed by atoms with Crippen molar-refractivity contribution in [2.75, 3.05) is 19.6 Å². The number of hydrogen-bond donors (Lipinski definition) is 1. The van der Waals surface area contributed by atoms with Crippen LogP contribution in [0.5, 0.6) is 0 Å². The van der Waals surface area contributed by atoms with E-state index in [0.29, 0.717) is 11.1 Å². The summed E-state index contributed by atoms with van der Waals surface area (Å²) < 4.78 is 13.0. The van der Waals surface area contributed by atoms with Gasteiger partial charge in [-0.25, -0.2) is 4.39 Å². The maximum Gasteiger partial charge on any atom is 0.251 e. The van der Waals surface area contributed by atoms with Gasteiger partial charge in [0.1, 0.15) is 5.82 Å². The van der Waals surface area contributed by atoms with Gasteiger partial charge in [0, 0.05) is 18.2 Å².